The maximum absolute atomic E-state index is 13.4. The molecule has 0 atom stereocenters. The van der Waals surface area contributed by atoms with Gasteiger partial charge in [-0.1, -0.05) is 24.3 Å². The number of carbonyl (C=O) groups is 1. The van der Waals surface area contributed by atoms with Crippen molar-refractivity contribution in [1.29, 1.82) is 0 Å². The van der Waals surface area contributed by atoms with Gasteiger partial charge in [0.25, 0.3) is 0 Å². The molecule has 9 nitrogen and oxygen atoms in total. The van der Waals surface area contributed by atoms with Gasteiger partial charge in [0.15, 0.2) is 11.5 Å². The molecule has 0 radical (unpaired) electrons. The van der Waals surface area contributed by atoms with Gasteiger partial charge >= 0.3 is 0 Å². The van der Waals surface area contributed by atoms with Crippen LogP contribution in [0.3, 0.4) is 0 Å². The number of sulfonamides is 1. The molecule has 0 unspecified atom stereocenters. The van der Waals surface area contributed by atoms with Crippen molar-refractivity contribution in [2.45, 2.75) is 42.5 Å². The summed E-state index contributed by atoms with van der Waals surface area (Å²) in [5.41, 5.74) is 2.15. The highest BCUT2D eigenvalue weighted by Crippen LogP contribution is 2.51. The van der Waals surface area contributed by atoms with Gasteiger partial charge < -0.3 is 25.0 Å². The lowest BCUT2D eigenvalue weighted by molar-refractivity contribution is -0.118. The Balaban J connectivity index is 0.00000220. The molecule has 5 rings (SSSR count). The van der Waals surface area contributed by atoms with Crippen LogP contribution >= 0.6 is 0 Å². The highest BCUT2D eigenvalue weighted by Gasteiger charge is 2.51. The van der Waals surface area contributed by atoms with Gasteiger partial charge in [0.1, 0.15) is 0 Å². The first-order valence-electron chi connectivity index (χ1n) is 12.3. The molecule has 1 saturated carbocycles. The third-order valence-corrected chi connectivity index (χ3v) is 8.81. The van der Waals surface area contributed by atoms with Gasteiger partial charge in [-0.2, -0.15) is 0 Å². The predicted octanol–water partition coefficient (Wildman–Crippen LogP) is 4.07. The molecule has 10 heteroatoms. The van der Waals surface area contributed by atoms with Gasteiger partial charge in [0.2, 0.25) is 22.7 Å². The van der Waals surface area contributed by atoms with E-state index in [4.69, 9.17) is 9.47 Å². The second kappa shape index (κ2) is 9.70. The summed E-state index contributed by atoms with van der Waals surface area (Å²) in [6.45, 7) is 2.44. The van der Waals surface area contributed by atoms with Crippen molar-refractivity contribution in [3.63, 3.8) is 0 Å². The number of nitrogens with one attached hydrogen (secondary N) is 2. The smallest absolute Gasteiger partial charge is 0.241 e. The fourth-order valence-corrected chi connectivity index (χ4v) is 5.93. The van der Waals surface area contributed by atoms with Crippen molar-refractivity contribution in [1.82, 2.24) is 4.72 Å². The Kier molecular flexibility index (Phi) is 6.68. The fourth-order valence-electron chi connectivity index (χ4n) is 4.54. The quantitative estimate of drug-likeness (QED) is 0.318. The standard InChI is InChI=1S/C28H30N2O7S.4H2/c1-18-3-7-21(29-26(33)28(11-12-28)20-6-10-24-25(13-20)37-17-36-24)14-23(18)19-4-8-22(9-5-19)38(34,35)30-27(2,15-31)16-32;;;;/h3-10,13-14,30-32H,11-12,15-17H2,1-2H3,(H,29,33);4*1H. The maximum Gasteiger partial charge on any atom is 0.241 e. The Hall–Kier alpha value is -3.44. The molecule has 0 saturated heterocycles. The first kappa shape index (κ1) is 26.2. The highest BCUT2D eigenvalue weighted by atomic mass is 32.2. The number of fused-ring (bicyclic) bond motifs is 1. The van der Waals surface area contributed by atoms with Crippen LogP contribution in [0.4, 0.5) is 5.69 Å². The van der Waals surface area contributed by atoms with E-state index in [1.54, 1.807) is 12.1 Å². The van der Waals surface area contributed by atoms with Crippen LogP contribution in [-0.2, 0) is 20.2 Å². The SMILES string of the molecule is Cc1ccc(NC(=O)C2(c3ccc4c(c3)OCO4)CC2)cc1-c1ccc(S(=O)(=O)NC(C)(CO)CO)cc1.[HH].[HH].[HH].[HH]. The van der Waals surface area contributed by atoms with Crippen LogP contribution in [0.5, 0.6) is 11.5 Å². The van der Waals surface area contributed by atoms with E-state index in [9.17, 15) is 23.4 Å². The van der Waals surface area contributed by atoms with Crippen LogP contribution in [0.25, 0.3) is 11.1 Å². The molecule has 2 aliphatic rings. The third kappa shape index (κ3) is 4.88. The van der Waals surface area contributed by atoms with Gasteiger partial charge in [0, 0.05) is 11.4 Å². The topological polar surface area (TPSA) is 134 Å². The number of anilines is 1. The molecule has 3 aromatic carbocycles. The number of rotatable bonds is 9. The van der Waals surface area contributed by atoms with E-state index in [1.165, 1.54) is 19.1 Å². The summed E-state index contributed by atoms with van der Waals surface area (Å²) in [6, 6.07) is 17.6. The van der Waals surface area contributed by atoms with Gasteiger partial charge in [-0.05, 0) is 85.3 Å². The summed E-state index contributed by atoms with van der Waals surface area (Å²) >= 11 is 0. The van der Waals surface area contributed by atoms with E-state index < -0.39 is 34.2 Å². The van der Waals surface area contributed by atoms with Crippen LogP contribution in [0.15, 0.2) is 65.6 Å². The normalized spacial score (nSPS) is 15.8. The molecule has 1 amide bonds. The summed E-state index contributed by atoms with van der Waals surface area (Å²) in [6.07, 6.45) is 1.49. The number of aliphatic hydroxyl groups is 2. The average molecular weight is 547 g/mol. The van der Waals surface area contributed by atoms with E-state index >= 15 is 0 Å². The lowest BCUT2D eigenvalue weighted by Crippen LogP contribution is -2.51. The van der Waals surface area contributed by atoms with Crippen molar-refractivity contribution in [3.05, 3.63) is 71.8 Å². The second-order valence-electron chi connectivity index (χ2n) is 10.1. The van der Waals surface area contributed by atoms with Crippen molar-refractivity contribution < 1.29 is 38.6 Å². The number of hydrogen-bond acceptors (Lipinski definition) is 7. The maximum atomic E-state index is 13.4. The number of ether oxygens (including phenoxy) is 2. The van der Waals surface area contributed by atoms with Crippen molar-refractivity contribution in [2.75, 3.05) is 25.3 Å². The molecule has 3 aromatic rings. The number of aliphatic hydroxyl groups excluding tert-OH is 2. The van der Waals surface area contributed by atoms with E-state index in [-0.39, 0.29) is 23.3 Å². The van der Waals surface area contributed by atoms with Crippen LogP contribution in [-0.4, -0.2) is 50.1 Å². The van der Waals surface area contributed by atoms with Gasteiger partial charge in [-0.25, -0.2) is 13.1 Å². The first-order valence-corrected chi connectivity index (χ1v) is 13.8. The molecule has 1 heterocycles. The molecular weight excluding hydrogens is 508 g/mol. The Labute approximate surface area is 227 Å². The van der Waals surface area contributed by atoms with Crippen molar-refractivity contribution in [3.8, 4) is 22.6 Å². The Morgan fingerprint density at radius 1 is 1.00 bits per heavy atom. The predicted molar refractivity (Wildman–Crippen MR) is 150 cm³/mol. The Morgan fingerprint density at radius 3 is 2.34 bits per heavy atom. The van der Waals surface area contributed by atoms with Gasteiger partial charge in [-0.15, -0.1) is 0 Å². The number of amides is 1. The van der Waals surface area contributed by atoms with Crippen LogP contribution < -0.4 is 19.5 Å². The van der Waals surface area contributed by atoms with E-state index in [0.29, 0.717) is 17.2 Å². The van der Waals surface area contributed by atoms with Gasteiger partial charge in [0.05, 0.1) is 29.1 Å². The molecule has 38 heavy (non-hydrogen) atoms. The third-order valence-electron chi connectivity index (χ3n) is 7.16. The average Bonchev–Trinajstić information content (AvgIpc) is 3.60. The molecule has 1 aliphatic heterocycles. The Bertz CT molecular complexity index is 1500. The van der Waals surface area contributed by atoms with Crippen LogP contribution in [0.2, 0.25) is 0 Å². The van der Waals surface area contributed by atoms with Crippen molar-refractivity contribution >= 4 is 21.6 Å². The van der Waals surface area contributed by atoms with Gasteiger partial charge in [-0.3, -0.25) is 4.79 Å². The molecule has 4 N–H and O–H groups in total. The zero-order valence-corrected chi connectivity index (χ0v) is 22.0. The van der Waals surface area contributed by atoms with E-state index in [1.807, 2.05) is 43.3 Å². The number of carbonyl (C=O) groups excluding carboxylic acids is 1. The molecule has 1 fully saturated rings. The zero-order valence-electron chi connectivity index (χ0n) is 21.2. The number of hydrogen-bond donors (Lipinski definition) is 4. The highest BCUT2D eigenvalue weighted by molar-refractivity contribution is 7.89. The lowest BCUT2D eigenvalue weighted by atomic mass is 9.94. The molecule has 0 spiro atoms. The summed E-state index contributed by atoms with van der Waals surface area (Å²) in [7, 11) is -3.96. The summed E-state index contributed by atoms with van der Waals surface area (Å²) in [4.78, 5) is 13.4. The van der Waals surface area contributed by atoms with Crippen LogP contribution in [0, 0.1) is 6.92 Å². The minimum atomic E-state index is -3.96. The second-order valence-corrected chi connectivity index (χ2v) is 11.8. The molecule has 0 aromatic heterocycles. The molecule has 208 valence electrons. The summed E-state index contributed by atoms with van der Waals surface area (Å²) in [5.74, 6) is 1.24. The van der Waals surface area contributed by atoms with E-state index in [2.05, 4.69) is 10.0 Å². The number of benzene rings is 3. The fraction of sp³-hybridized carbons (Fsp3) is 0.321. The molecular formula is C28H38N2O7S. The van der Waals surface area contributed by atoms with Crippen LogP contribution in [0.1, 0.15) is 36.6 Å². The van der Waals surface area contributed by atoms with E-state index in [0.717, 1.165) is 35.1 Å². The molecule has 0 bridgehead atoms. The number of aryl methyl sites for hydroxylation is 1. The molecule has 1 aliphatic carbocycles. The lowest BCUT2D eigenvalue weighted by Gasteiger charge is -2.25. The summed E-state index contributed by atoms with van der Waals surface area (Å²) in [5, 5.41) is 21.9. The monoisotopic (exact) mass is 546 g/mol. The Morgan fingerprint density at radius 2 is 1.68 bits per heavy atom. The first-order chi connectivity index (χ1) is 18.1. The van der Waals surface area contributed by atoms with Crippen molar-refractivity contribution in [2.24, 2.45) is 0 Å². The largest absolute Gasteiger partial charge is 0.454 e. The minimum absolute atomic E-state index is 0. The minimum Gasteiger partial charge on any atom is -0.454 e. The summed E-state index contributed by atoms with van der Waals surface area (Å²) < 4.78 is 38.7. The zero-order chi connectivity index (χ0) is 27.1.